The smallest absolute Gasteiger partial charge is 0.173 e. The standard InChI is InChI=1S/C18H16N2O2S/c1-22-17-9-7-16(8-10-17)20-11-15(12-21)19-18(20)23-13-14-5-3-2-4-6-14/h2-12H,13H2,1H3. The van der Waals surface area contributed by atoms with Gasteiger partial charge in [-0.05, 0) is 29.8 Å². The second kappa shape index (κ2) is 7.15. The van der Waals surface area contributed by atoms with Crippen molar-refractivity contribution >= 4 is 18.0 Å². The van der Waals surface area contributed by atoms with Crippen LogP contribution in [-0.4, -0.2) is 22.9 Å². The van der Waals surface area contributed by atoms with E-state index in [0.717, 1.165) is 28.6 Å². The number of hydrogen-bond donors (Lipinski definition) is 0. The Hall–Kier alpha value is -2.53. The van der Waals surface area contributed by atoms with Gasteiger partial charge < -0.3 is 4.74 Å². The lowest BCUT2D eigenvalue weighted by molar-refractivity contribution is 0.111. The molecule has 0 bridgehead atoms. The van der Waals surface area contributed by atoms with Gasteiger partial charge in [0.05, 0.1) is 7.11 Å². The van der Waals surface area contributed by atoms with Crippen molar-refractivity contribution in [3.63, 3.8) is 0 Å². The topological polar surface area (TPSA) is 44.1 Å². The number of benzene rings is 2. The summed E-state index contributed by atoms with van der Waals surface area (Å²) in [5.41, 5.74) is 2.59. The molecule has 4 nitrogen and oxygen atoms in total. The van der Waals surface area contributed by atoms with Crippen LogP contribution in [0.3, 0.4) is 0 Å². The highest BCUT2D eigenvalue weighted by Crippen LogP contribution is 2.26. The van der Waals surface area contributed by atoms with E-state index < -0.39 is 0 Å². The van der Waals surface area contributed by atoms with Crippen LogP contribution in [0.2, 0.25) is 0 Å². The molecule has 0 spiro atoms. The Labute approximate surface area is 139 Å². The first kappa shape index (κ1) is 15.4. The van der Waals surface area contributed by atoms with Crippen LogP contribution in [-0.2, 0) is 5.75 Å². The summed E-state index contributed by atoms with van der Waals surface area (Å²) in [6, 6.07) is 17.9. The number of aromatic nitrogens is 2. The van der Waals surface area contributed by atoms with Gasteiger partial charge in [-0.15, -0.1) is 0 Å². The Bertz CT molecular complexity index is 783. The SMILES string of the molecule is COc1ccc(-n2cc(C=O)nc2SCc2ccccc2)cc1. The van der Waals surface area contributed by atoms with E-state index >= 15 is 0 Å². The molecule has 2 aromatic carbocycles. The maximum absolute atomic E-state index is 11.1. The molecule has 0 aliphatic rings. The van der Waals surface area contributed by atoms with Gasteiger partial charge in [-0.25, -0.2) is 4.98 Å². The number of rotatable bonds is 6. The number of aldehydes is 1. The molecule has 0 aliphatic carbocycles. The summed E-state index contributed by atoms with van der Waals surface area (Å²) in [6.07, 6.45) is 2.52. The van der Waals surface area contributed by atoms with Crippen molar-refractivity contribution in [3.05, 3.63) is 72.1 Å². The number of carbonyl (C=O) groups is 1. The Morgan fingerprint density at radius 1 is 1.13 bits per heavy atom. The second-order valence-corrected chi connectivity index (χ2v) is 5.85. The monoisotopic (exact) mass is 324 g/mol. The molecule has 0 atom stereocenters. The predicted molar refractivity (Wildman–Crippen MR) is 91.5 cm³/mol. The van der Waals surface area contributed by atoms with E-state index in [4.69, 9.17) is 4.74 Å². The third kappa shape index (κ3) is 3.63. The van der Waals surface area contributed by atoms with Crippen LogP contribution in [0.15, 0.2) is 66.0 Å². The van der Waals surface area contributed by atoms with E-state index in [0.29, 0.717) is 5.69 Å². The third-order valence-corrected chi connectivity index (χ3v) is 4.40. The highest BCUT2D eigenvalue weighted by molar-refractivity contribution is 7.98. The minimum Gasteiger partial charge on any atom is -0.497 e. The first-order chi connectivity index (χ1) is 11.3. The molecule has 0 saturated carbocycles. The van der Waals surface area contributed by atoms with Gasteiger partial charge in [-0.1, -0.05) is 42.1 Å². The molecular weight excluding hydrogens is 308 g/mol. The fraction of sp³-hybridized carbons (Fsp3) is 0.111. The van der Waals surface area contributed by atoms with E-state index in [1.54, 1.807) is 25.1 Å². The van der Waals surface area contributed by atoms with Crippen molar-refractivity contribution < 1.29 is 9.53 Å². The summed E-state index contributed by atoms with van der Waals surface area (Å²) in [5.74, 6) is 1.59. The molecular formula is C18H16N2O2S. The maximum atomic E-state index is 11.1. The van der Waals surface area contributed by atoms with Gasteiger partial charge in [0.25, 0.3) is 0 Å². The van der Waals surface area contributed by atoms with E-state index in [-0.39, 0.29) is 0 Å². The fourth-order valence-electron chi connectivity index (χ4n) is 2.19. The molecule has 0 aliphatic heterocycles. The van der Waals surface area contributed by atoms with Gasteiger partial charge in [0.15, 0.2) is 11.4 Å². The van der Waals surface area contributed by atoms with Crippen LogP contribution < -0.4 is 4.74 Å². The molecule has 23 heavy (non-hydrogen) atoms. The Balaban J connectivity index is 1.86. The summed E-state index contributed by atoms with van der Waals surface area (Å²) in [6.45, 7) is 0. The molecule has 0 fully saturated rings. The molecule has 1 aromatic heterocycles. The summed E-state index contributed by atoms with van der Waals surface area (Å²) in [4.78, 5) is 15.5. The molecule has 3 aromatic rings. The highest BCUT2D eigenvalue weighted by atomic mass is 32.2. The van der Waals surface area contributed by atoms with Crippen LogP contribution in [0, 0.1) is 0 Å². The van der Waals surface area contributed by atoms with Crippen LogP contribution >= 0.6 is 11.8 Å². The molecule has 1 heterocycles. The van der Waals surface area contributed by atoms with E-state index in [1.807, 2.05) is 47.0 Å². The van der Waals surface area contributed by atoms with Gasteiger partial charge >= 0.3 is 0 Å². The van der Waals surface area contributed by atoms with Gasteiger partial charge in [-0.2, -0.15) is 0 Å². The lowest BCUT2D eigenvalue weighted by Gasteiger charge is -2.08. The number of thioether (sulfide) groups is 1. The zero-order chi connectivity index (χ0) is 16.1. The van der Waals surface area contributed by atoms with Crippen molar-refractivity contribution in [2.75, 3.05) is 7.11 Å². The summed E-state index contributed by atoms with van der Waals surface area (Å²) in [5, 5.41) is 0.793. The Morgan fingerprint density at radius 3 is 2.52 bits per heavy atom. The van der Waals surface area contributed by atoms with Crippen LogP contribution in [0.1, 0.15) is 16.1 Å². The number of carbonyl (C=O) groups excluding carboxylic acids is 1. The van der Waals surface area contributed by atoms with Crippen molar-refractivity contribution in [2.45, 2.75) is 10.9 Å². The lowest BCUT2D eigenvalue weighted by Crippen LogP contribution is -1.95. The molecule has 3 rings (SSSR count). The van der Waals surface area contributed by atoms with E-state index in [2.05, 4.69) is 17.1 Å². The largest absolute Gasteiger partial charge is 0.497 e. The average Bonchev–Trinajstić information content (AvgIpc) is 3.04. The van der Waals surface area contributed by atoms with E-state index in [1.165, 1.54) is 5.56 Å². The van der Waals surface area contributed by atoms with Crippen molar-refractivity contribution in [2.24, 2.45) is 0 Å². The quantitative estimate of drug-likeness (QED) is 0.508. The average molecular weight is 324 g/mol. The van der Waals surface area contributed by atoms with Crippen molar-refractivity contribution in [1.29, 1.82) is 0 Å². The predicted octanol–water partition coefficient (Wildman–Crippen LogP) is 3.99. The molecule has 0 radical (unpaired) electrons. The van der Waals surface area contributed by atoms with E-state index in [9.17, 15) is 4.79 Å². The molecule has 0 N–H and O–H groups in total. The summed E-state index contributed by atoms with van der Waals surface area (Å²) < 4.78 is 7.11. The van der Waals surface area contributed by atoms with Gasteiger partial charge in [0.1, 0.15) is 11.4 Å². The molecule has 0 amide bonds. The highest BCUT2D eigenvalue weighted by Gasteiger charge is 2.10. The maximum Gasteiger partial charge on any atom is 0.173 e. The van der Waals surface area contributed by atoms with Gasteiger partial charge in [-0.3, -0.25) is 9.36 Å². The molecule has 0 unspecified atom stereocenters. The second-order valence-electron chi connectivity index (χ2n) is 4.91. The fourth-order valence-corrected chi connectivity index (χ4v) is 3.14. The Kier molecular flexibility index (Phi) is 4.78. The zero-order valence-electron chi connectivity index (χ0n) is 12.7. The normalized spacial score (nSPS) is 10.5. The number of nitrogens with zero attached hydrogens (tertiary/aromatic N) is 2. The minimum absolute atomic E-state index is 0.427. The summed E-state index contributed by atoms with van der Waals surface area (Å²) >= 11 is 1.60. The van der Waals surface area contributed by atoms with Crippen LogP contribution in [0.25, 0.3) is 5.69 Å². The first-order valence-electron chi connectivity index (χ1n) is 7.16. The zero-order valence-corrected chi connectivity index (χ0v) is 13.5. The molecule has 5 heteroatoms. The third-order valence-electron chi connectivity index (χ3n) is 3.37. The minimum atomic E-state index is 0.427. The van der Waals surface area contributed by atoms with Gasteiger partial charge in [0.2, 0.25) is 0 Å². The number of imidazole rings is 1. The number of ether oxygens (including phenoxy) is 1. The summed E-state index contributed by atoms with van der Waals surface area (Å²) in [7, 11) is 1.64. The van der Waals surface area contributed by atoms with Crippen LogP contribution in [0.4, 0.5) is 0 Å². The van der Waals surface area contributed by atoms with Crippen molar-refractivity contribution in [3.8, 4) is 11.4 Å². The number of methoxy groups -OCH3 is 1. The van der Waals surface area contributed by atoms with Gasteiger partial charge in [0, 0.05) is 17.6 Å². The van der Waals surface area contributed by atoms with Crippen molar-refractivity contribution in [1.82, 2.24) is 9.55 Å². The molecule has 0 saturated heterocycles. The Morgan fingerprint density at radius 2 is 1.87 bits per heavy atom. The first-order valence-corrected chi connectivity index (χ1v) is 8.14. The van der Waals surface area contributed by atoms with Crippen LogP contribution in [0.5, 0.6) is 5.75 Å². The number of hydrogen-bond acceptors (Lipinski definition) is 4. The molecule has 116 valence electrons. The lowest BCUT2D eigenvalue weighted by atomic mass is 10.2.